The lowest BCUT2D eigenvalue weighted by molar-refractivity contribution is -0.374. The van der Waals surface area contributed by atoms with Gasteiger partial charge in [0.1, 0.15) is 67.1 Å². The second-order valence-electron chi connectivity index (χ2n) is 24.0. The number of rotatable bonds is 10. The topological polar surface area (TPSA) is 287 Å². The Labute approximate surface area is 394 Å². The zero-order valence-corrected chi connectivity index (χ0v) is 40.8. The third kappa shape index (κ3) is 8.24. The van der Waals surface area contributed by atoms with Gasteiger partial charge in [-0.1, -0.05) is 60.1 Å². The largest absolute Gasteiger partial charge is 0.396 e. The number of allylic oxidation sites excluding steroid dienone is 1. The van der Waals surface area contributed by atoms with Crippen LogP contribution in [-0.2, 0) is 33.2 Å². The highest BCUT2D eigenvalue weighted by Crippen LogP contribution is 2.76. The molecule has 25 atom stereocenters. The van der Waals surface area contributed by atoms with Crippen LogP contribution in [0.4, 0.5) is 0 Å². The molecule has 0 radical (unpaired) electrons. The van der Waals surface area contributed by atoms with E-state index < -0.39 is 128 Å². The van der Waals surface area contributed by atoms with Gasteiger partial charge in [0, 0.05) is 18.4 Å². The maximum absolute atomic E-state index is 12.2. The molecule has 0 unspecified atom stereocenters. The van der Waals surface area contributed by atoms with Crippen molar-refractivity contribution in [2.75, 3.05) is 26.9 Å². The van der Waals surface area contributed by atoms with E-state index >= 15 is 0 Å². The summed E-state index contributed by atoms with van der Waals surface area (Å²) in [6.45, 7) is 16.2. The van der Waals surface area contributed by atoms with Gasteiger partial charge in [0.25, 0.3) is 0 Å². The van der Waals surface area contributed by atoms with Gasteiger partial charge in [-0.2, -0.15) is 0 Å². The van der Waals surface area contributed by atoms with E-state index in [1.807, 2.05) is 0 Å². The number of aliphatic hydroxyl groups is 11. The number of hydrogen-bond acceptors (Lipinski definition) is 18. The number of aliphatic hydroxyl groups excluding tert-OH is 11. The molecule has 0 aromatic carbocycles. The molecule has 386 valence electrons. The van der Waals surface area contributed by atoms with Crippen LogP contribution in [0.1, 0.15) is 107 Å². The summed E-state index contributed by atoms with van der Waals surface area (Å²) in [6.07, 6.45) is -16.1. The zero-order chi connectivity index (χ0) is 49.1. The Morgan fingerprint density at radius 1 is 0.657 bits per heavy atom. The predicted octanol–water partition coefficient (Wildman–Crippen LogP) is 0.237. The van der Waals surface area contributed by atoms with E-state index in [1.165, 1.54) is 12.5 Å². The molecular weight excluding hydrogens is 877 g/mol. The lowest BCUT2D eigenvalue weighted by atomic mass is 9.33. The Morgan fingerprint density at radius 3 is 1.94 bits per heavy atom. The third-order valence-electron chi connectivity index (χ3n) is 19.6. The fourth-order valence-corrected chi connectivity index (χ4v) is 15.4. The summed E-state index contributed by atoms with van der Waals surface area (Å²) in [7, 11) is 1.79. The molecular formula is C49H82O18. The molecule has 8 rings (SSSR count). The molecule has 0 amide bonds. The number of hydrogen-bond donors (Lipinski definition) is 11. The first kappa shape index (κ1) is 52.3. The van der Waals surface area contributed by atoms with E-state index in [0.717, 1.165) is 38.5 Å². The Hall–Kier alpha value is -0.980. The van der Waals surface area contributed by atoms with E-state index in [1.54, 1.807) is 7.11 Å². The molecule has 0 bridgehead atoms. The Balaban J connectivity index is 1.05. The van der Waals surface area contributed by atoms with Gasteiger partial charge >= 0.3 is 0 Å². The van der Waals surface area contributed by atoms with Crippen molar-refractivity contribution in [2.24, 2.45) is 50.2 Å². The van der Waals surface area contributed by atoms with Gasteiger partial charge in [0.05, 0.1) is 44.2 Å². The highest BCUT2D eigenvalue weighted by Gasteiger charge is 2.72. The fourth-order valence-electron chi connectivity index (χ4n) is 15.4. The van der Waals surface area contributed by atoms with Crippen molar-refractivity contribution in [3.05, 3.63) is 11.6 Å². The predicted molar refractivity (Wildman–Crippen MR) is 236 cm³/mol. The zero-order valence-electron chi connectivity index (χ0n) is 40.8. The molecule has 18 nitrogen and oxygen atoms in total. The van der Waals surface area contributed by atoms with Crippen LogP contribution in [0.25, 0.3) is 0 Å². The SMILES string of the molecule is CO[C@@H]1C=C2[C@@H]3CC(C)(C)CC[C@]3(CO)[C@@H](O)C[C@@]2(C)[C@]2(C)CC[C@H]3C(C)(C)[C@@H](O[C@@H]4O[C@H](CO[C@@H]5O[C@H](CO)[C@@H](O)[C@H](O)[C@H]5O)[C@@H](O[C@@H]5O[C@@H](C)[C@H](O)[C@@H](O)[C@H]5O)[C@H](O)[C@H]4O)CC[C@]3(C)[C@@H]12. The highest BCUT2D eigenvalue weighted by atomic mass is 16.8. The van der Waals surface area contributed by atoms with Crippen molar-refractivity contribution < 1.29 is 89.3 Å². The van der Waals surface area contributed by atoms with Crippen LogP contribution in [0.2, 0.25) is 0 Å². The summed E-state index contributed by atoms with van der Waals surface area (Å²) in [5.41, 5.74) is -0.631. The summed E-state index contributed by atoms with van der Waals surface area (Å²) in [5, 5.41) is 120. The number of ether oxygens (including phenoxy) is 7. The molecule has 4 saturated carbocycles. The quantitative estimate of drug-likeness (QED) is 0.103. The van der Waals surface area contributed by atoms with E-state index in [2.05, 4.69) is 54.5 Å². The first-order valence-corrected chi connectivity index (χ1v) is 24.7. The standard InChI is InChI=1S/C49H82O18/c1-22-31(53)33(55)37(59)42(63-22)67-39-27(20-62-41-36(58)34(56)32(54)26(19-50)64-41)65-43(38(60)35(39)57)66-30-11-12-46(6)28(45(30,4)5)10-13-47(7)40(46)25(61-9)16-23-24-17-44(2,3)14-15-49(24,21-51)29(52)18-48(23,47)8/h16,22,24-43,50-60H,10-15,17-21H2,1-9H3/t22-,24-,25+,26+,27+,28-,29-,30-,31-,32+,33+,34-,35+,36+,37+,38+,39+,40+,41+,42-,43-,46-,47+,48+,49+/m0/s1. The molecule has 0 aromatic rings. The van der Waals surface area contributed by atoms with Crippen molar-refractivity contribution in [2.45, 2.75) is 217 Å². The summed E-state index contributed by atoms with van der Waals surface area (Å²) in [4.78, 5) is 0. The van der Waals surface area contributed by atoms with Crippen LogP contribution in [-0.4, -0.2) is 194 Å². The second kappa shape index (κ2) is 18.5. The van der Waals surface area contributed by atoms with Gasteiger partial charge in [-0.3, -0.25) is 0 Å². The number of fused-ring (bicyclic) bond motifs is 7. The minimum Gasteiger partial charge on any atom is -0.396 e. The maximum Gasteiger partial charge on any atom is 0.187 e. The van der Waals surface area contributed by atoms with Crippen LogP contribution >= 0.6 is 0 Å². The van der Waals surface area contributed by atoms with Gasteiger partial charge in [-0.05, 0) is 97.2 Å². The van der Waals surface area contributed by atoms with Gasteiger partial charge in [-0.15, -0.1) is 0 Å². The number of methoxy groups -OCH3 is 1. The minimum absolute atomic E-state index is 0.0218. The van der Waals surface area contributed by atoms with Gasteiger partial charge in [-0.25, -0.2) is 0 Å². The van der Waals surface area contributed by atoms with Crippen molar-refractivity contribution in [1.82, 2.24) is 0 Å². The minimum atomic E-state index is -1.77. The molecule has 3 saturated heterocycles. The van der Waals surface area contributed by atoms with Crippen LogP contribution in [0.15, 0.2) is 11.6 Å². The summed E-state index contributed by atoms with van der Waals surface area (Å²) in [5.74, 6) is 0.170. The monoisotopic (exact) mass is 959 g/mol. The second-order valence-corrected chi connectivity index (χ2v) is 24.0. The van der Waals surface area contributed by atoms with Crippen molar-refractivity contribution in [1.29, 1.82) is 0 Å². The summed E-state index contributed by atoms with van der Waals surface area (Å²) >= 11 is 0. The van der Waals surface area contributed by atoms with Crippen molar-refractivity contribution >= 4 is 0 Å². The van der Waals surface area contributed by atoms with E-state index in [-0.39, 0.29) is 52.1 Å². The maximum atomic E-state index is 12.2. The first-order chi connectivity index (χ1) is 31.3. The van der Waals surface area contributed by atoms with E-state index in [9.17, 15) is 56.2 Å². The van der Waals surface area contributed by atoms with Crippen LogP contribution in [0.3, 0.4) is 0 Å². The van der Waals surface area contributed by atoms with Crippen LogP contribution in [0, 0.1) is 50.2 Å². The smallest absolute Gasteiger partial charge is 0.187 e. The van der Waals surface area contributed by atoms with Crippen LogP contribution < -0.4 is 0 Å². The molecule has 0 spiro atoms. The summed E-state index contributed by atoms with van der Waals surface area (Å²) < 4.78 is 42.9. The Morgan fingerprint density at radius 2 is 1.28 bits per heavy atom. The molecule has 11 N–H and O–H groups in total. The highest BCUT2D eigenvalue weighted by molar-refractivity contribution is 5.37. The molecule has 5 aliphatic carbocycles. The lowest BCUT2D eigenvalue weighted by Crippen LogP contribution is -2.70. The van der Waals surface area contributed by atoms with Crippen molar-refractivity contribution in [3.63, 3.8) is 0 Å². The fraction of sp³-hybridized carbons (Fsp3) is 0.959. The molecule has 0 aromatic heterocycles. The van der Waals surface area contributed by atoms with Crippen LogP contribution in [0.5, 0.6) is 0 Å². The first-order valence-electron chi connectivity index (χ1n) is 24.7. The molecule has 3 aliphatic heterocycles. The van der Waals surface area contributed by atoms with E-state index in [4.69, 9.17) is 33.2 Å². The normalized spacial score (nSPS) is 55.0. The molecule has 67 heavy (non-hydrogen) atoms. The molecule has 7 fully saturated rings. The Bertz CT molecular complexity index is 1780. The van der Waals surface area contributed by atoms with Crippen molar-refractivity contribution in [3.8, 4) is 0 Å². The molecule has 18 heteroatoms. The average molecular weight is 959 g/mol. The summed E-state index contributed by atoms with van der Waals surface area (Å²) in [6, 6.07) is 0. The third-order valence-corrected chi connectivity index (χ3v) is 19.6. The molecule has 3 heterocycles. The van der Waals surface area contributed by atoms with Gasteiger partial charge < -0.3 is 89.3 Å². The Kier molecular flexibility index (Phi) is 14.5. The molecule has 8 aliphatic rings. The average Bonchev–Trinajstić information content (AvgIpc) is 3.27. The van der Waals surface area contributed by atoms with E-state index in [0.29, 0.717) is 12.8 Å². The van der Waals surface area contributed by atoms with Gasteiger partial charge in [0.15, 0.2) is 18.9 Å². The lowest BCUT2D eigenvalue weighted by Gasteiger charge is -2.73. The van der Waals surface area contributed by atoms with Gasteiger partial charge in [0.2, 0.25) is 0 Å².